The van der Waals surface area contributed by atoms with Gasteiger partial charge in [0, 0.05) is 32.2 Å². The summed E-state index contributed by atoms with van der Waals surface area (Å²) in [5, 5.41) is 5.55. The number of aromatic nitrogens is 1. The Morgan fingerprint density at radius 2 is 1.68 bits per heavy atom. The molecule has 1 saturated heterocycles. The lowest BCUT2D eigenvalue weighted by Crippen LogP contribution is -2.46. The van der Waals surface area contributed by atoms with Crippen LogP contribution in [0.25, 0.3) is 11.1 Å². The van der Waals surface area contributed by atoms with Crippen molar-refractivity contribution in [3.05, 3.63) is 71.4 Å². The van der Waals surface area contributed by atoms with Gasteiger partial charge < -0.3 is 21.3 Å². The fourth-order valence-electron chi connectivity index (χ4n) is 4.42. The zero-order valence-electron chi connectivity index (χ0n) is 20.0. The SMILES string of the molecule is CNc1cc(N2C[C@H](C)C[C@H](N)C2)c(NC(=O)c2ccc(F)c(-c3c(F)cccc3F)c2F)cn1.Cl.Cl. The molecule has 1 aromatic heterocycles. The second-order valence-corrected chi connectivity index (χ2v) is 8.68. The number of carbonyl (C=O) groups excluding carboxylic acids is 1. The number of piperidine rings is 1. The third kappa shape index (κ3) is 6.26. The Morgan fingerprint density at radius 3 is 2.30 bits per heavy atom. The van der Waals surface area contributed by atoms with E-state index >= 15 is 4.39 Å². The predicted octanol–water partition coefficient (Wildman–Crippen LogP) is 5.62. The monoisotopic (exact) mass is 559 g/mol. The second-order valence-electron chi connectivity index (χ2n) is 8.68. The second kappa shape index (κ2) is 12.4. The fourth-order valence-corrected chi connectivity index (χ4v) is 4.42. The smallest absolute Gasteiger partial charge is 0.258 e. The predicted molar refractivity (Wildman–Crippen MR) is 142 cm³/mol. The van der Waals surface area contributed by atoms with Gasteiger partial charge in [0.05, 0.1) is 34.3 Å². The third-order valence-electron chi connectivity index (χ3n) is 5.97. The molecular weight excluding hydrogens is 533 g/mol. The molecule has 0 bridgehead atoms. The molecule has 0 saturated carbocycles. The van der Waals surface area contributed by atoms with E-state index in [2.05, 4.69) is 22.5 Å². The summed E-state index contributed by atoms with van der Waals surface area (Å²) in [6.07, 6.45) is 2.28. The summed E-state index contributed by atoms with van der Waals surface area (Å²) in [6.45, 7) is 3.30. The van der Waals surface area contributed by atoms with Crippen LogP contribution in [-0.4, -0.2) is 37.1 Å². The number of halogens is 6. The van der Waals surface area contributed by atoms with Crippen LogP contribution in [0.1, 0.15) is 23.7 Å². The highest BCUT2D eigenvalue weighted by molar-refractivity contribution is 6.07. The van der Waals surface area contributed by atoms with E-state index in [-0.39, 0.29) is 36.5 Å². The molecule has 2 atom stereocenters. The van der Waals surface area contributed by atoms with Crippen molar-refractivity contribution in [1.82, 2.24) is 4.98 Å². The lowest BCUT2D eigenvalue weighted by molar-refractivity contribution is 0.102. The maximum absolute atomic E-state index is 15.3. The van der Waals surface area contributed by atoms with Gasteiger partial charge in [0.15, 0.2) is 0 Å². The van der Waals surface area contributed by atoms with Crippen molar-refractivity contribution in [2.24, 2.45) is 11.7 Å². The molecule has 1 aliphatic rings. The Kier molecular flexibility index (Phi) is 10.1. The number of amides is 1. The Morgan fingerprint density at radius 1 is 1.03 bits per heavy atom. The van der Waals surface area contributed by atoms with Gasteiger partial charge in [-0.25, -0.2) is 22.5 Å². The van der Waals surface area contributed by atoms with Gasteiger partial charge in [0.2, 0.25) is 0 Å². The first-order valence-electron chi connectivity index (χ1n) is 11.1. The summed E-state index contributed by atoms with van der Waals surface area (Å²) >= 11 is 0. The quantitative estimate of drug-likeness (QED) is 0.353. The van der Waals surface area contributed by atoms with E-state index < -0.39 is 45.9 Å². The summed E-state index contributed by atoms with van der Waals surface area (Å²) in [5.74, 6) is -4.93. The molecular formula is C25H27Cl2F4N5O. The first-order chi connectivity index (χ1) is 16.7. The van der Waals surface area contributed by atoms with Crippen molar-refractivity contribution in [2.45, 2.75) is 19.4 Å². The molecule has 4 N–H and O–H groups in total. The van der Waals surface area contributed by atoms with Crippen molar-refractivity contribution in [3.8, 4) is 11.1 Å². The van der Waals surface area contributed by atoms with Gasteiger partial charge in [0.25, 0.3) is 5.91 Å². The number of rotatable bonds is 5. The summed E-state index contributed by atoms with van der Waals surface area (Å²) in [4.78, 5) is 19.3. The summed E-state index contributed by atoms with van der Waals surface area (Å²) in [6, 6.07) is 6.25. The van der Waals surface area contributed by atoms with Crippen molar-refractivity contribution in [2.75, 3.05) is 35.7 Å². The minimum atomic E-state index is -1.37. The number of nitrogens with zero attached hydrogens (tertiary/aromatic N) is 2. The minimum absolute atomic E-state index is 0. The van der Waals surface area contributed by atoms with E-state index in [1.807, 2.05) is 4.90 Å². The van der Waals surface area contributed by atoms with Gasteiger partial charge in [-0.05, 0) is 36.6 Å². The van der Waals surface area contributed by atoms with Crippen LogP contribution < -0.4 is 21.3 Å². The molecule has 2 heterocycles. The molecule has 0 spiro atoms. The Balaban J connectivity index is 0.00000241. The zero-order valence-corrected chi connectivity index (χ0v) is 21.7. The van der Waals surface area contributed by atoms with Crippen LogP contribution in [0.4, 0.5) is 34.8 Å². The first-order valence-corrected chi connectivity index (χ1v) is 11.1. The average molecular weight is 560 g/mol. The van der Waals surface area contributed by atoms with E-state index in [4.69, 9.17) is 5.73 Å². The highest BCUT2D eigenvalue weighted by Gasteiger charge is 2.27. The van der Waals surface area contributed by atoms with Crippen LogP contribution in [0, 0.1) is 29.2 Å². The van der Waals surface area contributed by atoms with Crippen molar-refractivity contribution in [1.29, 1.82) is 0 Å². The normalized spacial score (nSPS) is 16.9. The molecule has 6 nitrogen and oxygen atoms in total. The highest BCUT2D eigenvalue weighted by Crippen LogP contribution is 2.34. The van der Waals surface area contributed by atoms with Crippen LogP contribution in [0.15, 0.2) is 42.6 Å². The number of carbonyl (C=O) groups is 1. The number of hydrogen-bond donors (Lipinski definition) is 3. The van der Waals surface area contributed by atoms with Crippen LogP contribution in [0.5, 0.6) is 0 Å². The van der Waals surface area contributed by atoms with E-state index in [1.54, 1.807) is 13.1 Å². The number of benzene rings is 2. The standard InChI is InChI=1S/C25H25F4N5O.2ClH/c1-13-8-14(30)12-34(11-13)20-9-21(31-2)32-10-19(20)33-25(35)15-6-7-18(28)23(24(15)29)22-16(26)4-3-5-17(22)27;;/h3-7,9-10,13-14H,8,11-12,30H2,1-2H3,(H,31,32)(H,33,35);2*1H/t13-,14+;;/m1../s1. The lowest BCUT2D eigenvalue weighted by atomic mass is 9.96. The third-order valence-corrected chi connectivity index (χ3v) is 5.97. The van der Waals surface area contributed by atoms with Crippen molar-refractivity contribution >= 4 is 47.9 Å². The molecule has 0 unspecified atom stereocenters. The van der Waals surface area contributed by atoms with E-state index in [0.717, 1.165) is 36.8 Å². The lowest BCUT2D eigenvalue weighted by Gasteiger charge is -2.37. The number of nitrogens with two attached hydrogens (primary N) is 1. The van der Waals surface area contributed by atoms with Crippen LogP contribution in [-0.2, 0) is 0 Å². The van der Waals surface area contributed by atoms with Crippen LogP contribution >= 0.6 is 24.8 Å². The molecule has 1 fully saturated rings. The molecule has 0 aliphatic carbocycles. The van der Waals surface area contributed by atoms with Gasteiger partial charge in [0.1, 0.15) is 29.1 Å². The van der Waals surface area contributed by atoms with Gasteiger partial charge in [-0.2, -0.15) is 0 Å². The molecule has 4 rings (SSSR count). The van der Waals surface area contributed by atoms with E-state index in [0.29, 0.717) is 30.5 Å². The summed E-state index contributed by atoms with van der Waals surface area (Å²) < 4.78 is 58.3. The Labute approximate surface area is 224 Å². The summed E-state index contributed by atoms with van der Waals surface area (Å²) in [5.41, 5.74) is 4.70. The number of nitrogens with one attached hydrogen (secondary N) is 2. The molecule has 200 valence electrons. The topological polar surface area (TPSA) is 83.3 Å². The maximum atomic E-state index is 15.3. The first kappa shape index (κ1) is 30.1. The van der Waals surface area contributed by atoms with Crippen molar-refractivity contribution < 1.29 is 22.4 Å². The van der Waals surface area contributed by atoms with Gasteiger partial charge in [-0.3, -0.25) is 4.79 Å². The van der Waals surface area contributed by atoms with Gasteiger partial charge in [-0.1, -0.05) is 13.0 Å². The minimum Gasteiger partial charge on any atom is -0.373 e. The number of pyridine rings is 1. The molecule has 0 radical (unpaired) electrons. The number of hydrogen-bond acceptors (Lipinski definition) is 5. The molecule has 1 amide bonds. The van der Waals surface area contributed by atoms with Crippen molar-refractivity contribution in [3.63, 3.8) is 0 Å². The fraction of sp³-hybridized carbons (Fsp3) is 0.280. The van der Waals surface area contributed by atoms with Crippen LogP contribution in [0.3, 0.4) is 0 Å². The molecule has 2 aromatic carbocycles. The average Bonchev–Trinajstić information content (AvgIpc) is 2.80. The summed E-state index contributed by atoms with van der Waals surface area (Å²) in [7, 11) is 1.70. The maximum Gasteiger partial charge on any atom is 0.258 e. The largest absolute Gasteiger partial charge is 0.373 e. The molecule has 12 heteroatoms. The zero-order chi connectivity index (χ0) is 25.3. The molecule has 37 heavy (non-hydrogen) atoms. The van der Waals surface area contributed by atoms with Gasteiger partial charge in [-0.15, -0.1) is 24.8 Å². The molecule has 3 aromatic rings. The Bertz CT molecular complexity index is 1250. The van der Waals surface area contributed by atoms with Crippen LogP contribution in [0.2, 0.25) is 0 Å². The Hall–Kier alpha value is -3.08. The van der Waals surface area contributed by atoms with Gasteiger partial charge >= 0.3 is 0 Å². The molecule has 1 aliphatic heterocycles. The van der Waals surface area contributed by atoms with E-state index in [9.17, 15) is 18.0 Å². The highest BCUT2D eigenvalue weighted by atomic mass is 35.5. The van der Waals surface area contributed by atoms with E-state index in [1.165, 1.54) is 6.20 Å². The number of anilines is 3.